The molecule has 0 bridgehead atoms. The largest absolute Gasteiger partial charge is 0.305 e. The van der Waals surface area contributed by atoms with E-state index < -0.39 is 0 Å². The van der Waals surface area contributed by atoms with Gasteiger partial charge in [0.2, 0.25) is 0 Å². The Hall–Kier alpha value is -0.640. The molecule has 19 heavy (non-hydrogen) atoms. The van der Waals surface area contributed by atoms with Crippen LogP contribution in [0.25, 0.3) is 0 Å². The highest BCUT2D eigenvalue weighted by atomic mass is 79.9. The molecular formula is C16H18BrNS. The number of thiophene rings is 1. The van der Waals surface area contributed by atoms with Gasteiger partial charge in [0.1, 0.15) is 0 Å². The second-order valence-corrected chi connectivity index (χ2v) is 7.42. The smallest absolute Gasteiger partial charge is 0.0351 e. The number of hydrogen-bond donors (Lipinski definition) is 1. The van der Waals surface area contributed by atoms with Gasteiger partial charge in [-0.05, 0) is 53.2 Å². The van der Waals surface area contributed by atoms with Gasteiger partial charge >= 0.3 is 0 Å². The maximum absolute atomic E-state index is 3.74. The molecule has 100 valence electrons. The summed E-state index contributed by atoms with van der Waals surface area (Å²) in [6.07, 6.45) is 2.72. The van der Waals surface area contributed by atoms with E-state index >= 15 is 0 Å². The Labute approximate surface area is 127 Å². The van der Waals surface area contributed by atoms with Gasteiger partial charge in [-0.15, -0.1) is 11.3 Å². The Balaban J connectivity index is 1.69. The second kappa shape index (κ2) is 5.78. The lowest BCUT2D eigenvalue weighted by Crippen LogP contribution is -2.22. The van der Waals surface area contributed by atoms with Crippen molar-refractivity contribution in [3.05, 3.63) is 56.2 Å². The summed E-state index contributed by atoms with van der Waals surface area (Å²) >= 11 is 5.47. The fourth-order valence-electron chi connectivity index (χ4n) is 2.46. The van der Waals surface area contributed by atoms with Crippen LogP contribution in [0.15, 0.2) is 40.9 Å². The van der Waals surface area contributed by atoms with Crippen LogP contribution in [-0.2, 0) is 6.54 Å². The van der Waals surface area contributed by atoms with E-state index in [4.69, 9.17) is 0 Å². The number of rotatable bonds is 5. The molecule has 1 aromatic carbocycles. The van der Waals surface area contributed by atoms with Gasteiger partial charge in [-0.2, -0.15) is 0 Å². The highest BCUT2D eigenvalue weighted by Crippen LogP contribution is 2.41. The van der Waals surface area contributed by atoms with Crippen molar-refractivity contribution in [1.29, 1.82) is 0 Å². The van der Waals surface area contributed by atoms with E-state index in [0.717, 1.165) is 12.5 Å². The summed E-state index contributed by atoms with van der Waals surface area (Å²) in [5, 5.41) is 3.74. The molecule has 1 aliphatic carbocycles. The van der Waals surface area contributed by atoms with E-state index in [1.54, 1.807) is 0 Å². The Morgan fingerprint density at radius 2 is 2.05 bits per heavy atom. The second-order valence-electron chi connectivity index (χ2n) is 5.22. The minimum Gasteiger partial charge on any atom is -0.305 e. The van der Waals surface area contributed by atoms with Gasteiger partial charge in [0.15, 0.2) is 0 Å². The van der Waals surface area contributed by atoms with Gasteiger partial charge in [0.05, 0.1) is 0 Å². The summed E-state index contributed by atoms with van der Waals surface area (Å²) in [5.74, 6) is 0.826. The Morgan fingerprint density at radius 3 is 2.63 bits per heavy atom. The van der Waals surface area contributed by atoms with Gasteiger partial charge in [-0.25, -0.2) is 0 Å². The van der Waals surface area contributed by atoms with E-state index in [9.17, 15) is 0 Å². The highest BCUT2D eigenvalue weighted by molar-refractivity contribution is 9.10. The summed E-state index contributed by atoms with van der Waals surface area (Å²) in [6, 6.07) is 13.6. The van der Waals surface area contributed by atoms with Crippen LogP contribution in [0.1, 0.15) is 34.2 Å². The van der Waals surface area contributed by atoms with E-state index in [-0.39, 0.29) is 0 Å². The maximum atomic E-state index is 3.74. The number of aryl methyl sites for hydroxylation is 1. The molecule has 1 heterocycles. The third-order valence-corrected chi connectivity index (χ3v) is 5.79. The summed E-state index contributed by atoms with van der Waals surface area (Å²) in [5.41, 5.74) is 1.43. The van der Waals surface area contributed by atoms with Crippen molar-refractivity contribution in [3.8, 4) is 0 Å². The molecule has 1 N–H and O–H groups in total. The standard InChI is InChI=1S/C16H18BrNS/c1-11-15(17)9-14(19-11)10-18-16(13-7-8-13)12-5-3-2-4-6-12/h2-6,9,13,16,18H,7-8,10H2,1H3. The summed E-state index contributed by atoms with van der Waals surface area (Å²) in [4.78, 5) is 2.77. The normalized spacial score (nSPS) is 16.5. The average Bonchev–Trinajstić information content (AvgIpc) is 3.19. The number of hydrogen-bond acceptors (Lipinski definition) is 2. The fraction of sp³-hybridized carbons (Fsp3) is 0.375. The molecule has 1 aromatic heterocycles. The molecule has 0 saturated heterocycles. The summed E-state index contributed by atoms with van der Waals surface area (Å²) in [6.45, 7) is 3.13. The van der Waals surface area contributed by atoms with Gasteiger partial charge in [0.25, 0.3) is 0 Å². The van der Waals surface area contributed by atoms with E-state index in [1.807, 2.05) is 11.3 Å². The van der Waals surface area contributed by atoms with Crippen LogP contribution in [0.4, 0.5) is 0 Å². The number of nitrogens with one attached hydrogen (secondary N) is 1. The van der Waals surface area contributed by atoms with Crippen molar-refractivity contribution >= 4 is 27.3 Å². The molecule has 0 radical (unpaired) electrons. The number of benzene rings is 1. The Bertz CT molecular complexity index is 526. The first kappa shape index (κ1) is 13.3. The van der Waals surface area contributed by atoms with Crippen molar-refractivity contribution in [2.45, 2.75) is 32.4 Å². The Kier molecular flexibility index (Phi) is 4.06. The summed E-state index contributed by atoms with van der Waals surface area (Å²) < 4.78 is 1.23. The van der Waals surface area contributed by atoms with Crippen LogP contribution in [0.2, 0.25) is 0 Å². The molecule has 1 nitrogen and oxygen atoms in total. The van der Waals surface area contributed by atoms with Crippen LogP contribution < -0.4 is 5.32 Å². The molecule has 0 amide bonds. The van der Waals surface area contributed by atoms with E-state index in [0.29, 0.717) is 6.04 Å². The molecule has 1 saturated carbocycles. The summed E-state index contributed by atoms with van der Waals surface area (Å²) in [7, 11) is 0. The minimum atomic E-state index is 0.516. The first-order valence-electron chi connectivity index (χ1n) is 6.77. The van der Waals surface area contributed by atoms with Crippen LogP contribution in [0.3, 0.4) is 0 Å². The lowest BCUT2D eigenvalue weighted by atomic mass is 10.0. The predicted octanol–water partition coefficient (Wildman–Crippen LogP) is 5.06. The molecule has 1 aliphatic rings. The van der Waals surface area contributed by atoms with Crippen molar-refractivity contribution in [1.82, 2.24) is 5.32 Å². The van der Waals surface area contributed by atoms with Gasteiger partial charge in [0, 0.05) is 26.8 Å². The zero-order valence-electron chi connectivity index (χ0n) is 11.0. The third-order valence-electron chi connectivity index (χ3n) is 3.66. The van der Waals surface area contributed by atoms with Gasteiger partial charge in [-0.1, -0.05) is 30.3 Å². The van der Waals surface area contributed by atoms with Crippen molar-refractivity contribution in [3.63, 3.8) is 0 Å². The zero-order chi connectivity index (χ0) is 13.2. The van der Waals surface area contributed by atoms with Gasteiger partial charge in [-0.3, -0.25) is 0 Å². The first-order valence-corrected chi connectivity index (χ1v) is 8.38. The van der Waals surface area contributed by atoms with Crippen molar-refractivity contribution in [2.24, 2.45) is 5.92 Å². The van der Waals surface area contributed by atoms with Crippen LogP contribution in [0.5, 0.6) is 0 Å². The highest BCUT2D eigenvalue weighted by Gasteiger charge is 2.31. The molecule has 3 heteroatoms. The van der Waals surface area contributed by atoms with Crippen LogP contribution in [0, 0.1) is 12.8 Å². The zero-order valence-corrected chi connectivity index (χ0v) is 13.4. The number of halogens is 1. The molecule has 0 spiro atoms. The van der Waals surface area contributed by atoms with Crippen molar-refractivity contribution < 1.29 is 0 Å². The molecule has 0 aliphatic heterocycles. The quantitative estimate of drug-likeness (QED) is 0.805. The minimum absolute atomic E-state index is 0.516. The predicted molar refractivity (Wildman–Crippen MR) is 85.5 cm³/mol. The molecule has 1 atom stereocenters. The molecule has 3 rings (SSSR count). The lowest BCUT2D eigenvalue weighted by molar-refractivity contribution is 0.482. The topological polar surface area (TPSA) is 12.0 Å². The monoisotopic (exact) mass is 335 g/mol. The average molecular weight is 336 g/mol. The first-order chi connectivity index (χ1) is 9.24. The molecular weight excluding hydrogens is 318 g/mol. The molecule has 2 aromatic rings. The SMILES string of the molecule is Cc1sc(CNC(c2ccccc2)C2CC2)cc1Br. The molecule has 1 fully saturated rings. The maximum Gasteiger partial charge on any atom is 0.0351 e. The van der Waals surface area contributed by atoms with E-state index in [2.05, 4.69) is 64.6 Å². The third kappa shape index (κ3) is 3.28. The van der Waals surface area contributed by atoms with Crippen LogP contribution >= 0.6 is 27.3 Å². The fourth-order valence-corrected chi connectivity index (χ4v) is 4.01. The van der Waals surface area contributed by atoms with Crippen LogP contribution in [-0.4, -0.2) is 0 Å². The van der Waals surface area contributed by atoms with Crippen molar-refractivity contribution in [2.75, 3.05) is 0 Å². The lowest BCUT2D eigenvalue weighted by Gasteiger charge is -2.18. The van der Waals surface area contributed by atoms with E-state index in [1.165, 1.54) is 32.6 Å². The molecule has 1 unspecified atom stereocenters. The van der Waals surface area contributed by atoms with Gasteiger partial charge < -0.3 is 5.32 Å². The Morgan fingerprint density at radius 1 is 1.32 bits per heavy atom.